The van der Waals surface area contributed by atoms with E-state index in [0.717, 1.165) is 12.8 Å². The molecule has 110 valence electrons. The van der Waals surface area contributed by atoms with Crippen LogP contribution in [0.5, 0.6) is 0 Å². The lowest BCUT2D eigenvalue weighted by Gasteiger charge is -2.42. The van der Waals surface area contributed by atoms with Gasteiger partial charge in [-0.25, -0.2) is 0 Å². The molecule has 0 amide bonds. The van der Waals surface area contributed by atoms with Gasteiger partial charge in [0.05, 0.1) is 0 Å². The lowest BCUT2D eigenvalue weighted by Crippen LogP contribution is -2.59. The Labute approximate surface area is 114 Å². The van der Waals surface area contributed by atoms with Crippen molar-refractivity contribution in [2.75, 3.05) is 20.6 Å². The summed E-state index contributed by atoms with van der Waals surface area (Å²) in [6.45, 7) is 0.665. The van der Waals surface area contributed by atoms with Gasteiger partial charge in [0.1, 0.15) is 5.54 Å². The third kappa shape index (κ3) is 4.45. The Balaban J connectivity index is 2.69. The Bertz CT molecular complexity index is 314. The van der Waals surface area contributed by atoms with Gasteiger partial charge in [-0.15, -0.1) is 0 Å². The molecule has 0 aromatic carbocycles. The number of hydrogen-bond acceptors (Lipinski definition) is 5. The van der Waals surface area contributed by atoms with Gasteiger partial charge in [0.15, 0.2) is 0 Å². The highest BCUT2D eigenvalue weighted by atomic mass is 16.4. The van der Waals surface area contributed by atoms with E-state index < -0.39 is 18.6 Å². The number of carboxylic acid groups (broad SMARTS) is 1. The smallest absolute Gasteiger partial charge is 0.451 e. The quantitative estimate of drug-likeness (QED) is 0.490. The Hall–Kier alpha value is -0.625. The van der Waals surface area contributed by atoms with Gasteiger partial charge < -0.3 is 25.8 Å². The van der Waals surface area contributed by atoms with Gasteiger partial charge >= 0.3 is 13.1 Å². The first-order chi connectivity index (χ1) is 8.75. The first-order valence-electron chi connectivity index (χ1n) is 6.79. The summed E-state index contributed by atoms with van der Waals surface area (Å²) in [4.78, 5) is 13.5. The maximum Gasteiger partial charge on any atom is 0.451 e. The molecule has 0 saturated heterocycles. The largest absolute Gasteiger partial charge is 0.480 e. The number of carbonyl (C=O) groups is 1. The van der Waals surface area contributed by atoms with Crippen molar-refractivity contribution in [3.05, 3.63) is 0 Å². The first kappa shape index (κ1) is 16.4. The van der Waals surface area contributed by atoms with E-state index in [1.165, 1.54) is 0 Å². The number of aliphatic carboxylic acids is 1. The summed E-state index contributed by atoms with van der Waals surface area (Å²) in [5.74, 6) is -0.856. The number of hydrogen-bond donors (Lipinski definition) is 4. The third-order valence-electron chi connectivity index (χ3n) is 4.10. The zero-order chi connectivity index (χ0) is 14.6. The molecule has 5 N–H and O–H groups in total. The van der Waals surface area contributed by atoms with Crippen LogP contribution >= 0.6 is 0 Å². The topological polar surface area (TPSA) is 107 Å². The van der Waals surface area contributed by atoms with E-state index in [1.54, 1.807) is 0 Å². The van der Waals surface area contributed by atoms with Crippen LogP contribution in [0.3, 0.4) is 0 Å². The van der Waals surface area contributed by atoms with Crippen LogP contribution < -0.4 is 5.73 Å². The fourth-order valence-corrected chi connectivity index (χ4v) is 3.03. The van der Waals surface area contributed by atoms with Gasteiger partial charge in [-0.2, -0.15) is 0 Å². The van der Waals surface area contributed by atoms with E-state index in [4.69, 9.17) is 15.8 Å². The van der Waals surface area contributed by atoms with Crippen molar-refractivity contribution >= 4 is 13.1 Å². The number of carboxylic acids is 1. The number of rotatable bonds is 6. The summed E-state index contributed by atoms with van der Waals surface area (Å²) in [7, 11) is 2.50. The van der Waals surface area contributed by atoms with Crippen molar-refractivity contribution in [2.45, 2.75) is 37.5 Å². The van der Waals surface area contributed by atoms with Crippen molar-refractivity contribution in [2.24, 2.45) is 17.6 Å². The summed E-state index contributed by atoms with van der Waals surface area (Å²) < 4.78 is 0. The highest BCUT2D eigenvalue weighted by molar-refractivity contribution is 6.40. The molecule has 0 bridgehead atoms. The molecule has 0 aromatic rings. The highest BCUT2D eigenvalue weighted by Crippen LogP contribution is 2.38. The van der Waals surface area contributed by atoms with Crippen molar-refractivity contribution < 1.29 is 19.9 Å². The predicted molar refractivity (Wildman–Crippen MR) is 73.6 cm³/mol. The standard InChI is InChI=1S/C12H25BN2O4/c1-15(2)8-10-4-3-9(5-6-13(18)19)7-12(10,14)11(16)17/h9-10,18-19H,3-8,14H2,1-2H3,(H,16,17)/t9-,10-,12+/m0/s1. The fraction of sp³-hybridized carbons (Fsp3) is 0.917. The molecule has 1 aliphatic rings. The third-order valence-corrected chi connectivity index (χ3v) is 4.10. The predicted octanol–water partition coefficient (Wildman–Crippen LogP) is -0.391. The first-order valence-corrected chi connectivity index (χ1v) is 6.79. The molecule has 0 radical (unpaired) electrons. The van der Waals surface area contributed by atoms with Crippen LogP contribution in [0.2, 0.25) is 6.32 Å². The van der Waals surface area contributed by atoms with E-state index in [0.29, 0.717) is 19.4 Å². The summed E-state index contributed by atoms with van der Waals surface area (Å²) in [5.41, 5.74) is 4.94. The monoisotopic (exact) mass is 272 g/mol. The zero-order valence-electron chi connectivity index (χ0n) is 11.7. The molecule has 0 spiro atoms. The fourth-order valence-electron chi connectivity index (χ4n) is 3.03. The molecule has 1 saturated carbocycles. The van der Waals surface area contributed by atoms with Crippen LogP contribution in [0.15, 0.2) is 0 Å². The summed E-state index contributed by atoms with van der Waals surface area (Å²) in [5, 5.41) is 27.2. The second-order valence-electron chi connectivity index (χ2n) is 6.01. The lowest BCUT2D eigenvalue weighted by molar-refractivity contribution is -0.148. The van der Waals surface area contributed by atoms with Gasteiger partial charge in [-0.3, -0.25) is 4.79 Å². The van der Waals surface area contributed by atoms with Crippen LogP contribution in [0.25, 0.3) is 0 Å². The molecule has 7 heteroatoms. The Morgan fingerprint density at radius 3 is 2.53 bits per heavy atom. The molecule has 6 nitrogen and oxygen atoms in total. The molecule has 1 rings (SSSR count). The van der Waals surface area contributed by atoms with Crippen LogP contribution in [0.4, 0.5) is 0 Å². The van der Waals surface area contributed by atoms with E-state index in [-0.39, 0.29) is 18.2 Å². The maximum atomic E-state index is 11.5. The van der Waals surface area contributed by atoms with Gasteiger partial charge in [-0.05, 0) is 45.6 Å². The molecule has 0 heterocycles. The molecular weight excluding hydrogens is 247 g/mol. The Morgan fingerprint density at radius 2 is 2.05 bits per heavy atom. The molecule has 3 atom stereocenters. The van der Waals surface area contributed by atoms with E-state index >= 15 is 0 Å². The van der Waals surface area contributed by atoms with Gasteiger partial charge in [-0.1, -0.05) is 6.42 Å². The molecular formula is C12H25BN2O4. The second-order valence-corrected chi connectivity index (χ2v) is 6.01. The van der Waals surface area contributed by atoms with Crippen molar-refractivity contribution in [1.82, 2.24) is 4.90 Å². The van der Waals surface area contributed by atoms with Crippen molar-refractivity contribution in [3.63, 3.8) is 0 Å². The zero-order valence-corrected chi connectivity index (χ0v) is 11.7. The van der Waals surface area contributed by atoms with Crippen molar-refractivity contribution in [3.8, 4) is 0 Å². The van der Waals surface area contributed by atoms with E-state index in [2.05, 4.69) is 0 Å². The van der Waals surface area contributed by atoms with Crippen molar-refractivity contribution in [1.29, 1.82) is 0 Å². The number of nitrogens with two attached hydrogens (primary N) is 1. The highest BCUT2D eigenvalue weighted by Gasteiger charge is 2.46. The molecule has 1 aliphatic carbocycles. The van der Waals surface area contributed by atoms with E-state index in [1.807, 2.05) is 19.0 Å². The SMILES string of the molecule is CN(C)C[C@@H]1CC[C@@H](CCB(O)O)C[C@]1(N)C(=O)O. The maximum absolute atomic E-state index is 11.5. The average Bonchev–Trinajstić information content (AvgIpc) is 2.29. The second kappa shape index (κ2) is 6.70. The van der Waals surface area contributed by atoms with Crippen LogP contribution in [-0.4, -0.2) is 59.3 Å². The average molecular weight is 272 g/mol. The molecule has 0 aromatic heterocycles. The minimum absolute atomic E-state index is 0.0599. The normalized spacial score (nSPS) is 31.5. The minimum Gasteiger partial charge on any atom is -0.480 e. The van der Waals surface area contributed by atoms with E-state index in [9.17, 15) is 9.90 Å². The van der Waals surface area contributed by atoms with Crippen LogP contribution in [0, 0.1) is 11.8 Å². The molecule has 0 aliphatic heterocycles. The molecule has 19 heavy (non-hydrogen) atoms. The van der Waals surface area contributed by atoms with Crippen LogP contribution in [0.1, 0.15) is 25.7 Å². The van der Waals surface area contributed by atoms with Gasteiger partial charge in [0, 0.05) is 12.5 Å². The van der Waals surface area contributed by atoms with Gasteiger partial charge in [0.2, 0.25) is 0 Å². The summed E-state index contributed by atoms with van der Waals surface area (Å²) in [6, 6.07) is 0. The Morgan fingerprint density at radius 1 is 1.42 bits per heavy atom. The molecule has 0 unspecified atom stereocenters. The Kier molecular flexibility index (Phi) is 5.79. The minimum atomic E-state index is -1.32. The molecule has 1 fully saturated rings. The lowest BCUT2D eigenvalue weighted by atomic mass is 9.66. The van der Waals surface area contributed by atoms with Crippen LogP contribution in [-0.2, 0) is 4.79 Å². The summed E-state index contributed by atoms with van der Waals surface area (Å²) >= 11 is 0. The number of nitrogens with zero attached hydrogens (tertiary/aromatic N) is 1. The summed E-state index contributed by atoms with van der Waals surface area (Å²) in [6.07, 6.45) is 2.97. The van der Waals surface area contributed by atoms with Gasteiger partial charge in [0.25, 0.3) is 0 Å².